The summed E-state index contributed by atoms with van der Waals surface area (Å²) >= 11 is 0. The smallest absolute Gasteiger partial charge is 0.273 e. The van der Waals surface area contributed by atoms with Gasteiger partial charge in [-0.2, -0.15) is 0 Å². The largest absolute Gasteiger partial charge is 0.493 e. The highest BCUT2D eigenvalue weighted by atomic mass is 19.3. The molecule has 1 aromatic rings. The molecule has 0 bridgehead atoms. The second-order valence-corrected chi connectivity index (χ2v) is 4.86. The Hall–Kier alpha value is -1.72. The second kappa shape index (κ2) is 5.50. The van der Waals surface area contributed by atoms with Crippen LogP contribution in [-0.2, 0) is 0 Å². The number of rotatable bonds is 4. The lowest BCUT2D eigenvalue weighted by Crippen LogP contribution is -2.27. The fraction of sp³-hybridized carbons (Fsp3) is 0.538. The molecule has 1 aromatic carbocycles. The fourth-order valence-electron chi connectivity index (χ4n) is 2.17. The second-order valence-electron chi connectivity index (χ2n) is 4.86. The molecule has 0 unspecified atom stereocenters. The molecule has 6 heteroatoms. The summed E-state index contributed by atoms with van der Waals surface area (Å²) in [7, 11) is 0. The Morgan fingerprint density at radius 2 is 2.05 bits per heavy atom. The van der Waals surface area contributed by atoms with Gasteiger partial charge >= 0.3 is 0 Å². The molecule has 0 saturated heterocycles. The van der Waals surface area contributed by atoms with Gasteiger partial charge in [-0.05, 0) is 24.8 Å². The first kappa shape index (κ1) is 13.7. The number of nitro benzene ring substituents is 1. The first-order valence-electron chi connectivity index (χ1n) is 6.21. The van der Waals surface area contributed by atoms with E-state index in [1.54, 1.807) is 12.1 Å². The molecule has 0 amide bonds. The molecule has 0 N–H and O–H groups in total. The Morgan fingerprint density at radius 1 is 1.37 bits per heavy atom. The molecule has 0 heterocycles. The molecule has 0 radical (unpaired) electrons. The molecule has 4 nitrogen and oxygen atoms in total. The number of hydrogen-bond acceptors (Lipinski definition) is 3. The number of benzene rings is 1. The zero-order valence-corrected chi connectivity index (χ0v) is 10.4. The van der Waals surface area contributed by atoms with Gasteiger partial charge in [-0.3, -0.25) is 10.1 Å². The SMILES string of the molecule is O=[N+]([O-])c1cccc(OCC2CCC(F)(F)CC2)c1. The van der Waals surface area contributed by atoms with Gasteiger partial charge in [0.25, 0.3) is 5.69 Å². The van der Waals surface area contributed by atoms with Gasteiger partial charge in [-0.1, -0.05) is 6.07 Å². The molecule has 1 aliphatic carbocycles. The van der Waals surface area contributed by atoms with Crippen LogP contribution in [0.5, 0.6) is 5.75 Å². The highest BCUT2D eigenvalue weighted by molar-refractivity contribution is 5.37. The van der Waals surface area contributed by atoms with Crippen molar-refractivity contribution in [3.8, 4) is 5.75 Å². The van der Waals surface area contributed by atoms with Gasteiger partial charge in [0.05, 0.1) is 17.6 Å². The van der Waals surface area contributed by atoms with Gasteiger partial charge in [-0.25, -0.2) is 8.78 Å². The topological polar surface area (TPSA) is 52.4 Å². The van der Waals surface area contributed by atoms with Crippen molar-refractivity contribution in [3.63, 3.8) is 0 Å². The molecule has 0 spiro atoms. The van der Waals surface area contributed by atoms with Crippen molar-refractivity contribution in [2.45, 2.75) is 31.6 Å². The summed E-state index contributed by atoms with van der Waals surface area (Å²) < 4.78 is 31.4. The van der Waals surface area contributed by atoms with Crippen LogP contribution in [0.3, 0.4) is 0 Å². The number of ether oxygens (including phenoxy) is 1. The number of halogens is 2. The van der Waals surface area contributed by atoms with Crippen LogP contribution >= 0.6 is 0 Å². The van der Waals surface area contributed by atoms with Crippen LogP contribution in [0.25, 0.3) is 0 Å². The van der Waals surface area contributed by atoms with E-state index in [-0.39, 0.29) is 24.4 Å². The average Bonchev–Trinajstić information content (AvgIpc) is 2.38. The first-order chi connectivity index (χ1) is 8.96. The van der Waals surface area contributed by atoms with E-state index in [9.17, 15) is 18.9 Å². The minimum absolute atomic E-state index is 0.0346. The predicted molar refractivity (Wildman–Crippen MR) is 65.5 cm³/mol. The maximum atomic E-state index is 13.0. The van der Waals surface area contributed by atoms with Gasteiger partial charge in [0, 0.05) is 18.9 Å². The maximum absolute atomic E-state index is 13.0. The molecule has 104 valence electrons. The van der Waals surface area contributed by atoms with Crippen LogP contribution < -0.4 is 4.74 Å². The quantitative estimate of drug-likeness (QED) is 0.618. The standard InChI is InChI=1S/C13H15F2NO3/c14-13(15)6-4-10(5-7-13)9-19-12-3-1-2-11(8-12)16(17)18/h1-3,8,10H,4-7,9H2. The Bertz CT molecular complexity index is 455. The van der Waals surface area contributed by atoms with E-state index < -0.39 is 10.8 Å². The summed E-state index contributed by atoms with van der Waals surface area (Å²) in [5.74, 6) is -2.03. The van der Waals surface area contributed by atoms with E-state index in [1.807, 2.05) is 0 Å². The highest BCUT2D eigenvalue weighted by Gasteiger charge is 2.34. The third-order valence-corrected chi connectivity index (χ3v) is 3.35. The third-order valence-electron chi connectivity index (χ3n) is 3.35. The summed E-state index contributed by atoms with van der Waals surface area (Å²) in [6.07, 6.45) is 0.662. The van der Waals surface area contributed by atoms with Crippen molar-refractivity contribution in [1.29, 1.82) is 0 Å². The van der Waals surface area contributed by atoms with E-state index in [0.29, 0.717) is 25.2 Å². The van der Waals surface area contributed by atoms with Gasteiger partial charge in [-0.15, -0.1) is 0 Å². The van der Waals surface area contributed by atoms with Gasteiger partial charge in [0.2, 0.25) is 5.92 Å². The van der Waals surface area contributed by atoms with Crippen molar-refractivity contribution in [1.82, 2.24) is 0 Å². The lowest BCUT2D eigenvalue weighted by Gasteiger charge is -2.28. The highest BCUT2D eigenvalue weighted by Crippen LogP contribution is 2.36. The van der Waals surface area contributed by atoms with Crippen molar-refractivity contribution in [2.24, 2.45) is 5.92 Å². The molecule has 0 aliphatic heterocycles. The Morgan fingerprint density at radius 3 is 2.68 bits per heavy atom. The summed E-state index contributed by atoms with van der Waals surface area (Å²) in [5.41, 5.74) is -0.0346. The zero-order valence-electron chi connectivity index (χ0n) is 10.4. The first-order valence-corrected chi connectivity index (χ1v) is 6.21. The number of nitro groups is 1. The number of nitrogens with zero attached hydrogens (tertiary/aromatic N) is 1. The van der Waals surface area contributed by atoms with Crippen LogP contribution in [0, 0.1) is 16.0 Å². The van der Waals surface area contributed by atoms with E-state index in [0.717, 1.165) is 0 Å². The summed E-state index contributed by atoms with van der Waals surface area (Å²) in [6.45, 7) is 0.331. The molecule has 1 saturated carbocycles. The van der Waals surface area contributed by atoms with Crippen LogP contribution in [0.15, 0.2) is 24.3 Å². The molecule has 1 aliphatic rings. The number of alkyl halides is 2. The van der Waals surface area contributed by atoms with Crippen molar-refractivity contribution in [2.75, 3.05) is 6.61 Å². The van der Waals surface area contributed by atoms with Crippen molar-refractivity contribution >= 4 is 5.69 Å². The molecule has 0 atom stereocenters. The Kier molecular flexibility index (Phi) is 3.97. The van der Waals surface area contributed by atoms with Crippen molar-refractivity contribution < 1.29 is 18.4 Å². The molecular weight excluding hydrogens is 256 g/mol. The molecule has 19 heavy (non-hydrogen) atoms. The number of hydrogen-bond donors (Lipinski definition) is 0. The lowest BCUT2D eigenvalue weighted by atomic mass is 9.87. The lowest BCUT2D eigenvalue weighted by molar-refractivity contribution is -0.384. The fourth-order valence-corrected chi connectivity index (χ4v) is 2.17. The van der Waals surface area contributed by atoms with E-state index in [2.05, 4.69) is 0 Å². The van der Waals surface area contributed by atoms with E-state index in [1.165, 1.54) is 12.1 Å². The molecule has 1 fully saturated rings. The minimum atomic E-state index is -2.54. The Balaban J connectivity index is 1.86. The monoisotopic (exact) mass is 271 g/mol. The van der Waals surface area contributed by atoms with Gasteiger partial charge in [0.1, 0.15) is 5.75 Å². The van der Waals surface area contributed by atoms with Crippen molar-refractivity contribution in [3.05, 3.63) is 34.4 Å². The van der Waals surface area contributed by atoms with E-state index >= 15 is 0 Å². The van der Waals surface area contributed by atoms with Gasteiger partial charge < -0.3 is 4.74 Å². The maximum Gasteiger partial charge on any atom is 0.273 e. The van der Waals surface area contributed by atoms with Crippen LogP contribution in [0.1, 0.15) is 25.7 Å². The van der Waals surface area contributed by atoms with E-state index in [4.69, 9.17) is 4.74 Å². The van der Waals surface area contributed by atoms with Crippen LogP contribution in [0.2, 0.25) is 0 Å². The predicted octanol–water partition coefficient (Wildman–Crippen LogP) is 3.80. The average molecular weight is 271 g/mol. The normalized spacial score (nSPS) is 19.1. The third kappa shape index (κ3) is 3.87. The summed E-state index contributed by atoms with van der Waals surface area (Å²) in [4.78, 5) is 10.1. The van der Waals surface area contributed by atoms with Crippen LogP contribution in [-0.4, -0.2) is 17.5 Å². The summed E-state index contributed by atoms with van der Waals surface area (Å²) in [6, 6.07) is 5.90. The Labute approximate surface area is 109 Å². The molecular formula is C13H15F2NO3. The van der Waals surface area contributed by atoms with Gasteiger partial charge in [0.15, 0.2) is 0 Å². The molecule has 2 rings (SSSR count). The zero-order chi connectivity index (χ0) is 13.9. The minimum Gasteiger partial charge on any atom is -0.493 e. The van der Waals surface area contributed by atoms with Crippen LogP contribution in [0.4, 0.5) is 14.5 Å². The summed E-state index contributed by atoms with van der Waals surface area (Å²) in [5, 5.41) is 10.6. The molecule has 0 aromatic heterocycles. The number of non-ortho nitro benzene ring substituents is 1.